The quantitative estimate of drug-likeness (QED) is 0.544. The summed E-state index contributed by atoms with van der Waals surface area (Å²) >= 11 is 10.4. The summed E-state index contributed by atoms with van der Waals surface area (Å²) in [4.78, 5) is 0. The van der Waals surface area contributed by atoms with Gasteiger partial charge in [0.1, 0.15) is 0 Å². The van der Waals surface area contributed by atoms with E-state index in [0.717, 1.165) is 65.9 Å². The van der Waals surface area contributed by atoms with Gasteiger partial charge in [-0.25, -0.2) is 0 Å². The summed E-state index contributed by atoms with van der Waals surface area (Å²) in [7, 11) is 0. The Bertz CT molecular complexity index is 321. The molecule has 1 aromatic rings. The van der Waals surface area contributed by atoms with Crippen LogP contribution >= 0.6 is 47.8 Å². The molecule has 0 aliphatic heterocycles. The Kier molecular flexibility index (Phi) is 9.41. The highest BCUT2D eigenvalue weighted by molar-refractivity contribution is 9.09. The molecule has 6 heteroatoms. The van der Waals surface area contributed by atoms with E-state index >= 15 is 0 Å². The lowest BCUT2D eigenvalue weighted by Gasteiger charge is -2.10. The summed E-state index contributed by atoms with van der Waals surface area (Å²) in [5, 5.41) is 15.4. The standard InChI is InChI=1S/C12H18Br3N3/c13-7-1-4-10-11(5-2-8-14)16-18-17-12(10)6-3-9-15/h1-9H2. The van der Waals surface area contributed by atoms with Crippen LogP contribution in [0.5, 0.6) is 0 Å². The summed E-state index contributed by atoms with van der Waals surface area (Å²) in [5.74, 6) is 0. The molecule has 0 saturated carbocycles. The zero-order valence-electron chi connectivity index (χ0n) is 10.3. The van der Waals surface area contributed by atoms with Crippen molar-refractivity contribution in [3.63, 3.8) is 0 Å². The van der Waals surface area contributed by atoms with Gasteiger partial charge in [-0.1, -0.05) is 47.8 Å². The van der Waals surface area contributed by atoms with Crippen molar-refractivity contribution in [2.75, 3.05) is 16.0 Å². The second-order valence-electron chi connectivity index (χ2n) is 4.04. The number of aromatic nitrogens is 3. The van der Waals surface area contributed by atoms with Crippen molar-refractivity contribution in [1.29, 1.82) is 0 Å². The fraction of sp³-hybridized carbons (Fsp3) is 0.750. The highest BCUT2D eigenvalue weighted by atomic mass is 79.9. The second kappa shape index (κ2) is 10.3. The normalized spacial score (nSPS) is 10.8. The zero-order chi connectivity index (χ0) is 13.2. The molecule has 0 unspecified atom stereocenters. The third-order valence-corrected chi connectivity index (χ3v) is 4.36. The molecular formula is C12H18Br3N3. The van der Waals surface area contributed by atoms with Crippen LogP contribution in [-0.2, 0) is 19.3 Å². The van der Waals surface area contributed by atoms with Crippen LogP contribution in [0.2, 0.25) is 0 Å². The predicted octanol–water partition coefficient (Wildman–Crippen LogP) is 3.85. The maximum absolute atomic E-state index is 4.23. The van der Waals surface area contributed by atoms with Gasteiger partial charge in [-0.15, -0.1) is 10.2 Å². The minimum absolute atomic E-state index is 0.986. The molecule has 0 aliphatic rings. The second-order valence-corrected chi connectivity index (χ2v) is 6.42. The third kappa shape index (κ3) is 5.61. The summed E-state index contributed by atoms with van der Waals surface area (Å²) < 4.78 is 0. The molecule has 0 spiro atoms. The van der Waals surface area contributed by atoms with Gasteiger partial charge in [-0.05, 0) is 49.3 Å². The summed E-state index contributed by atoms with van der Waals surface area (Å²) in [6.07, 6.45) is 6.33. The van der Waals surface area contributed by atoms with E-state index in [2.05, 4.69) is 63.2 Å². The topological polar surface area (TPSA) is 38.7 Å². The monoisotopic (exact) mass is 441 g/mol. The lowest BCUT2D eigenvalue weighted by Crippen LogP contribution is -2.09. The molecule has 0 amide bonds. The number of alkyl halides is 3. The van der Waals surface area contributed by atoms with Crippen molar-refractivity contribution in [3.05, 3.63) is 17.0 Å². The van der Waals surface area contributed by atoms with E-state index in [4.69, 9.17) is 0 Å². The summed E-state index contributed by atoms with van der Waals surface area (Å²) in [6, 6.07) is 0. The van der Waals surface area contributed by atoms with Crippen LogP contribution in [0.3, 0.4) is 0 Å². The van der Waals surface area contributed by atoms with Gasteiger partial charge in [0, 0.05) is 16.0 Å². The van der Waals surface area contributed by atoms with Gasteiger partial charge >= 0.3 is 0 Å². The molecule has 1 rings (SSSR count). The van der Waals surface area contributed by atoms with E-state index < -0.39 is 0 Å². The molecule has 1 heterocycles. The Morgan fingerprint density at radius 3 is 1.56 bits per heavy atom. The molecule has 0 fully saturated rings. The smallest absolute Gasteiger partial charge is 0.0699 e. The fourth-order valence-corrected chi connectivity index (χ4v) is 2.66. The maximum atomic E-state index is 4.23. The van der Waals surface area contributed by atoms with Crippen LogP contribution in [0.4, 0.5) is 0 Å². The van der Waals surface area contributed by atoms with Crippen LogP contribution in [0.25, 0.3) is 0 Å². The first kappa shape index (κ1) is 16.5. The molecule has 0 radical (unpaired) electrons. The third-order valence-electron chi connectivity index (χ3n) is 2.68. The van der Waals surface area contributed by atoms with Crippen LogP contribution in [-0.4, -0.2) is 31.4 Å². The summed E-state index contributed by atoms with van der Waals surface area (Å²) in [5.41, 5.74) is 3.59. The molecule has 0 N–H and O–H groups in total. The fourth-order valence-electron chi connectivity index (χ4n) is 1.82. The SMILES string of the molecule is BrCCCc1nnnc(CCCBr)c1CCCBr. The van der Waals surface area contributed by atoms with Gasteiger partial charge in [0.05, 0.1) is 11.4 Å². The Balaban J connectivity index is 2.85. The number of hydrogen-bond acceptors (Lipinski definition) is 3. The van der Waals surface area contributed by atoms with Gasteiger partial charge in [0.2, 0.25) is 0 Å². The van der Waals surface area contributed by atoms with Gasteiger partial charge in [0.25, 0.3) is 0 Å². The molecule has 0 saturated heterocycles. The van der Waals surface area contributed by atoms with Crippen molar-refractivity contribution in [1.82, 2.24) is 15.4 Å². The van der Waals surface area contributed by atoms with E-state index in [1.54, 1.807) is 0 Å². The molecule has 0 bridgehead atoms. The molecule has 0 atom stereocenters. The number of rotatable bonds is 9. The molecule has 3 nitrogen and oxygen atoms in total. The molecule has 0 aromatic carbocycles. The molecule has 18 heavy (non-hydrogen) atoms. The number of nitrogens with zero attached hydrogens (tertiary/aromatic N) is 3. The highest BCUT2D eigenvalue weighted by Crippen LogP contribution is 2.16. The predicted molar refractivity (Wildman–Crippen MR) is 86.2 cm³/mol. The van der Waals surface area contributed by atoms with E-state index in [1.165, 1.54) is 5.56 Å². The van der Waals surface area contributed by atoms with Crippen molar-refractivity contribution in [2.45, 2.75) is 38.5 Å². The molecule has 102 valence electrons. The number of hydrogen-bond donors (Lipinski definition) is 0. The Labute approximate surface area is 134 Å². The first-order valence-corrected chi connectivity index (χ1v) is 9.57. The first-order valence-electron chi connectivity index (χ1n) is 6.21. The first-order chi connectivity index (χ1) is 8.83. The Morgan fingerprint density at radius 2 is 1.11 bits per heavy atom. The van der Waals surface area contributed by atoms with Gasteiger partial charge in [0.15, 0.2) is 0 Å². The van der Waals surface area contributed by atoms with Gasteiger partial charge in [-0.3, -0.25) is 0 Å². The van der Waals surface area contributed by atoms with E-state index in [0.29, 0.717) is 0 Å². The zero-order valence-corrected chi connectivity index (χ0v) is 15.1. The van der Waals surface area contributed by atoms with E-state index in [1.807, 2.05) is 0 Å². The minimum atomic E-state index is 0.986. The average molecular weight is 444 g/mol. The highest BCUT2D eigenvalue weighted by Gasteiger charge is 2.11. The van der Waals surface area contributed by atoms with Crippen LogP contribution < -0.4 is 0 Å². The Hall–Kier alpha value is 0.450. The number of aryl methyl sites for hydroxylation is 2. The molecule has 0 aliphatic carbocycles. The minimum Gasteiger partial charge on any atom is -0.135 e. The molecular weight excluding hydrogens is 426 g/mol. The molecule has 1 aromatic heterocycles. The van der Waals surface area contributed by atoms with Crippen LogP contribution in [0.15, 0.2) is 0 Å². The number of halogens is 3. The lowest BCUT2D eigenvalue weighted by atomic mass is 10.0. The maximum Gasteiger partial charge on any atom is 0.0699 e. The van der Waals surface area contributed by atoms with Crippen molar-refractivity contribution in [3.8, 4) is 0 Å². The lowest BCUT2D eigenvalue weighted by molar-refractivity contribution is 0.701. The average Bonchev–Trinajstić information content (AvgIpc) is 2.41. The van der Waals surface area contributed by atoms with Crippen LogP contribution in [0.1, 0.15) is 36.2 Å². The van der Waals surface area contributed by atoms with Crippen molar-refractivity contribution >= 4 is 47.8 Å². The van der Waals surface area contributed by atoms with Crippen LogP contribution in [0, 0.1) is 0 Å². The summed E-state index contributed by atoms with van der Waals surface area (Å²) in [6.45, 7) is 0. The van der Waals surface area contributed by atoms with Crippen molar-refractivity contribution < 1.29 is 0 Å². The van der Waals surface area contributed by atoms with Gasteiger partial charge < -0.3 is 0 Å². The Morgan fingerprint density at radius 1 is 0.667 bits per heavy atom. The largest absolute Gasteiger partial charge is 0.135 e. The van der Waals surface area contributed by atoms with Crippen molar-refractivity contribution in [2.24, 2.45) is 0 Å². The van der Waals surface area contributed by atoms with E-state index in [9.17, 15) is 0 Å². The van der Waals surface area contributed by atoms with E-state index in [-0.39, 0.29) is 0 Å². The van der Waals surface area contributed by atoms with Gasteiger partial charge in [-0.2, -0.15) is 0 Å².